The molecule has 3 aromatic rings. The number of amides is 1. The molecule has 1 atom stereocenters. The molecule has 1 aliphatic heterocycles. The first kappa shape index (κ1) is 19.3. The summed E-state index contributed by atoms with van der Waals surface area (Å²) in [4.78, 5) is 23.3. The van der Waals surface area contributed by atoms with Gasteiger partial charge in [0.15, 0.2) is 0 Å². The zero-order chi connectivity index (χ0) is 20.1. The first-order chi connectivity index (χ1) is 14.1. The van der Waals surface area contributed by atoms with Crippen LogP contribution in [0.2, 0.25) is 0 Å². The number of hydrogen-bond acceptors (Lipinski definition) is 4. The summed E-state index contributed by atoms with van der Waals surface area (Å²) >= 11 is 0. The van der Waals surface area contributed by atoms with Crippen molar-refractivity contribution in [1.29, 1.82) is 0 Å². The van der Waals surface area contributed by atoms with E-state index in [1.54, 1.807) is 12.4 Å². The average Bonchev–Trinajstić information content (AvgIpc) is 2.76. The number of carbonyl (C=O) groups is 1. The van der Waals surface area contributed by atoms with E-state index in [0.717, 1.165) is 48.3 Å². The van der Waals surface area contributed by atoms with E-state index in [0.29, 0.717) is 13.0 Å². The van der Waals surface area contributed by atoms with Crippen molar-refractivity contribution in [2.24, 2.45) is 11.1 Å². The lowest BCUT2D eigenvalue weighted by molar-refractivity contribution is -0.131. The summed E-state index contributed by atoms with van der Waals surface area (Å²) in [7, 11) is 0. The lowest BCUT2D eigenvalue weighted by Crippen LogP contribution is -2.51. The molecule has 29 heavy (non-hydrogen) atoms. The second kappa shape index (κ2) is 8.53. The largest absolute Gasteiger partial charge is 0.369 e. The van der Waals surface area contributed by atoms with Gasteiger partial charge in [-0.3, -0.25) is 19.7 Å². The topological polar surface area (TPSA) is 72.1 Å². The Morgan fingerprint density at radius 3 is 2.45 bits per heavy atom. The lowest BCUT2D eigenvalue weighted by Gasteiger charge is -2.40. The van der Waals surface area contributed by atoms with Gasteiger partial charge in [-0.25, -0.2) is 0 Å². The monoisotopic (exact) mass is 386 g/mol. The minimum Gasteiger partial charge on any atom is -0.369 e. The van der Waals surface area contributed by atoms with Crippen LogP contribution in [0.15, 0.2) is 73.2 Å². The van der Waals surface area contributed by atoms with Gasteiger partial charge in [0.1, 0.15) is 0 Å². The molecule has 5 heteroatoms. The number of aromatic nitrogens is 2. The van der Waals surface area contributed by atoms with Gasteiger partial charge in [0.25, 0.3) is 0 Å². The van der Waals surface area contributed by atoms with Crippen LogP contribution >= 0.6 is 0 Å². The number of carbonyl (C=O) groups excluding carboxylic acids is 1. The summed E-state index contributed by atoms with van der Waals surface area (Å²) in [5, 5.41) is 0. The maximum atomic E-state index is 12.5. The third-order valence-electron chi connectivity index (χ3n) is 5.80. The Morgan fingerprint density at radius 2 is 1.76 bits per heavy atom. The van der Waals surface area contributed by atoms with Crippen molar-refractivity contribution < 1.29 is 4.79 Å². The minimum atomic E-state index is -0.536. The Balaban J connectivity index is 1.50. The van der Waals surface area contributed by atoms with E-state index in [2.05, 4.69) is 39.1 Å². The number of nitrogens with two attached hydrogens (primary N) is 1. The zero-order valence-corrected chi connectivity index (χ0v) is 16.5. The molecule has 1 amide bonds. The Hall–Kier alpha value is -3.05. The van der Waals surface area contributed by atoms with E-state index in [4.69, 9.17) is 5.73 Å². The highest BCUT2D eigenvalue weighted by Crippen LogP contribution is 2.34. The summed E-state index contributed by atoms with van der Waals surface area (Å²) in [6.45, 7) is 2.38. The zero-order valence-electron chi connectivity index (χ0n) is 16.5. The standard InChI is InChI=1S/C24H26N4O/c25-23(29)24(11-3-15-28(18-24)17-22-4-1-2-12-27-22)16-19-5-7-20(8-6-19)21-9-13-26-14-10-21/h1-2,4-10,12-14H,3,11,15-18H2,(H2,25,29)/t24-/m1/s1. The Morgan fingerprint density at radius 1 is 1.00 bits per heavy atom. The van der Waals surface area contributed by atoms with Crippen LogP contribution in [0.1, 0.15) is 24.1 Å². The molecular formula is C24H26N4O. The van der Waals surface area contributed by atoms with Gasteiger partial charge < -0.3 is 5.73 Å². The number of primary amides is 1. The van der Waals surface area contributed by atoms with E-state index in [9.17, 15) is 4.79 Å². The summed E-state index contributed by atoms with van der Waals surface area (Å²) in [5.41, 5.74) is 9.84. The van der Waals surface area contributed by atoms with Crippen LogP contribution < -0.4 is 5.73 Å². The number of hydrogen-bond donors (Lipinski definition) is 1. The molecule has 1 fully saturated rings. The molecule has 3 heterocycles. The molecule has 1 aromatic carbocycles. The molecule has 1 aliphatic rings. The van der Waals surface area contributed by atoms with E-state index in [1.165, 1.54) is 0 Å². The van der Waals surface area contributed by atoms with Crippen LogP contribution in [0.3, 0.4) is 0 Å². The van der Waals surface area contributed by atoms with Crippen molar-refractivity contribution >= 4 is 5.91 Å². The van der Waals surface area contributed by atoms with Crippen molar-refractivity contribution in [3.63, 3.8) is 0 Å². The van der Waals surface area contributed by atoms with Crippen molar-refractivity contribution in [2.45, 2.75) is 25.8 Å². The van der Waals surface area contributed by atoms with E-state index in [-0.39, 0.29) is 5.91 Å². The molecule has 148 valence electrons. The maximum absolute atomic E-state index is 12.5. The first-order valence-corrected chi connectivity index (χ1v) is 10.1. The maximum Gasteiger partial charge on any atom is 0.225 e. The van der Waals surface area contributed by atoms with Crippen LogP contribution in [0.4, 0.5) is 0 Å². The predicted molar refractivity (Wildman–Crippen MR) is 114 cm³/mol. The average molecular weight is 386 g/mol. The Bertz CT molecular complexity index is 944. The third kappa shape index (κ3) is 4.51. The molecule has 0 unspecified atom stereocenters. The van der Waals surface area contributed by atoms with Gasteiger partial charge >= 0.3 is 0 Å². The second-order valence-electron chi connectivity index (χ2n) is 7.89. The normalized spacial score (nSPS) is 19.7. The summed E-state index contributed by atoms with van der Waals surface area (Å²) in [6.07, 6.45) is 7.85. The molecule has 0 spiro atoms. The van der Waals surface area contributed by atoms with Gasteiger partial charge in [0, 0.05) is 31.7 Å². The van der Waals surface area contributed by atoms with Crippen LogP contribution in [0.5, 0.6) is 0 Å². The van der Waals surface area contributed by atoms with Crippen LogP contribution in [0.25, 0.3) is 11.1 Å². The fraction of sp³-hybridized carbons (Fsp3) is 0.292. The van der Waals surface area contributed by atoms with Gasteiger partial charge in [-0.05, 0) is 66.8 Å². The SMILES string of the molecule is NC(=O)[C@@]1(Cc2ccc(-c3ccncc3)cc2)CCCN(Cc2ccccn2)C1. The van der Waals surface area contributed by atoms with Gasteiger partial charge in [-0.2, -0.15) is 0 Å². The van der Waals surface area contributed by atoms with Crippen molar-refractivity contribution in [3.05, 3.63) is 84.4 Å². The van der Waals surface area contributed by atoms with Gasteiger partial charge in [0.05, 0.1) is 11.1 Å². The number of nitrogens with zero attached hydrogens (tertiary/aromatic N) is 3. The van der Waals surface area contributed by atoms with Crippen molar-refractivity contribution in [2.75, 3.05) is 13.1 Å². The molecule has 0 aliphatic carbocycles. The smallest absolute Gasteiger partial charge is 0.225 e. The fourth-order valence-electron chi connectivity index (χ4n) is 4.27. The van der Waals surface area contributed by atoms with Gasteiger partial charge in [0.2, 0.25) is 5.91 Å². The number of pyridine rings is 2. The van der Waals surface area contributed by atoms with Gasteiger partial charge in [-0.15, -0.1) is 0 Å². The van der Waals surface area contributed by atoms with Crippen molar-refractivity contribution in [1.82, 2.24) is 14.9 Å². The molecule has 0 radical (unpaired) electrons. The molecule has 2 N–H and O–H groups in total. The number of rotatable bonds is 6. The van der Waals surface area contributed by atoms with Gasteiger partial charge in [-0.1, -0.05) is 30.3 Å². The van der Waals surface area contributed by atoms with E-state index in [1.807, 2.05) is 36.5 Å². The second-order valence-corrected chi connectivity index (χ2v) is 7.89. The highest BCUT2D eigenvalue weighted by molar-refractivity contribution is 5.81. The summed E-state index contributed by atoms with van der Waals surface area (Å²) < 4.78 is 0. The molecule has 0 saturated carbocycles. The van der Waals surface area contributed by atoms with Crippen LogP contribution in [0, 0.1) is 5.41 Å². The summed E-state index contributed by atoms with van der Waals surface area (Å²) in [6, 6.07) is 18.4. The molecular weight excluding hydrogens is 360 g/mol. The molecule has 5 nitrogen and oxygen atoms in total. The lowest BCUT2D eigenvalue weighted by atomic mass is 9.74. The highest BCUT2D eigenvalue weighted by atomic mass is 16.1. The van der Waals surface area contributed by atoms with Crippen LogP contribution in [-0.4, -0.2) is 33.9 Å². The van der Waals surface area contributed by atoms with Crippen LogP contribution in [-0.2, 0) is 17.8 Å². The summed E-state index contributed by atoms with van der Waals surface area (Å²) in [5.74, 6) is -0.207. The van der Waals surface area contributed by atoms with E-state index >= 15 is 0 Å². The number of piperidine rings is 1. The van der Waals surface area contributed by atoms with Crippen molar-refractivity contribution in [3.8, 4) is 11.1 Å². The quantitative estimate of drug-likeness (QED) is 0.704. The molecule has 1 saturated heterocycles. The Labute approximate surface area is 171 Å². The fourth-order valence-corrected chi connectivity index (χ4v) is 4.27. The minimum absolute atomic E-state index is 0.207. The predicted octanol–water partition coefficient (Wildman–Crippen LogP) is 3.45. The highest BCUT2D eigenvalue weighted by Gasteiger charge is 2.40. The Kier molecular flexibility index (Phi) is 5.67. The number of likely N-dealkylation sites (tertiary alicyclic amines) is 1. The van der Waals surface area contributed by atoms with E-state index < -0.39 is 5.41 Å². The molecule has 4 rings (SSSR count). The molecule has 0 bridgehead atoms. The molecule has 2 aromatic heterocycles. The first-order valence-electron chi connectivity index (χ1n) is 10.1. The number of benzene rings is 1. The third-order valence-corrected chi connectivity index (χ3v) is 5.80.